The van der Waals surface area contributed by atoms with E-state index in [-0.39, 0.29) is 26.8 Å². The van der Waals surface area contributed by atoms with E-state index in [0.717, 1.165) is 16.6 Å². The van der Waals surface area contributed by atoms with E-state index in [1.165, 1.54) is 30.3 Å². The number of anilines is 1. The third kappa shape index (κ3) is 4.14. The number of carbonyl (C=O) groups excluding carboxylic acids is 1. The second-order valence-corrected chi connectivity index (χ2v) is 7.81. The van der Waals surface area contributed by atoms with Crippen molar-refractivity contribution in [2.75, 3.05) is 5.43 Å². The molecule has 4 aromatic rings. The number of benzene rings is 1. The van der Waals surface area contributed by atoms with Gasteiger partial charge in [0.2, 0.25) is 5.78 Å². The zero-order chi connectivity index (χ0) is 22.1. The summed E-state index contributed by atoms with van der Waals surface area (Å²) in [7, 11) is 0. The molecule has 0 aliphatic rings. The zero-order valence-corrected chi connectivity index (χ0v) is 18.3. The molecular formula is C22H14Cl3FN4O. The number of pyridine rings is 2. The molecule has 0 fully saturated rings. The van der Waals surface area contributed by atoms with Crippen LogP contribution in [0.1, 0.15) is 27.2 Å². The van der Waals surface area contributed by atoms with Crippen molar-refractivity contribution in [2.24, 2.45) is 5.10 Å². The van der Waals surface area contributed by atoms with Crippen molar-refractivity contribution in [1.29, 1.82) is 0 Å². The fraction of sp³-hybridized carbons (Fsp3) is 0.0455. The number of ketones is 1. The van der Waals surface area contributed by atoms with Gasteiger partial charge in [-0.2, -0.15) is 5.10 Å². The molecule has 0 spiro atoms. The van der Waals surface area contributed by atoms with Crippen LogP contribution in [-0.2, 0) is 0 Å². The summed E-state index contributed by atoms with van der Waals surface area (Å²) in [5.74, 6) is -0.377. The molecule has 9 heteroatoms. The third-order valence-electron chi connectivity index (χ3n) is 4.71. The van der Waals surface area contributed by atoms with Crippen LogP contribution in [0.3, 0.4) is 0 Å². The first-order valence-corrected chi connectivity index (χ1v) is 10.2. The fourth-order valence-corrected chi connectivity index (χ4v) is 3.76. The molecule has 0 radical (unpaired) electrons. The number of halogens is 4. The van der Waals surface area contributed by atoms with Gasteiger partial charge in [0.15, 0.2) is 5.82 Å². The Morgan fingerprint density at radius 3 is 2.61 bits per heavy atom. The van der Waals surface area contributed by atoms with Crippen LogP contribution in [-0.4, -0.2) is 21.4 Å². The molecule has 0 aliphatic heterocycles. The summed E-state index contributed by atoms with van der Waals surface area (Å²) in [5, 5.41) is 4.81. The molecule has 0 saturated heterocycles. The number of hydrogen-bond acceptors (Lipinski definition) is 4. The van der Waals surface area contributed by atoms with Gasteiger partial charge in [-0.25, -0.2) is 9.37 Å². The maximum Gasteiger partial charge on any atom is 0.210 e. The standard InChI is InChI=1S/C22H14Cl3FN4O/c1-12-15(11-27-29-22-17(24)10-16(23)21(25)28-22)18-4-2-3-9-30(18)19(12)20(31)13-5-7-14(26)8-6-13/h2-11H,1H3,(H,28,29). The lowest BCUT2D eigenvalue weighted by molar-refractivity contribution is 0.103. The van der Waals surface area contributed by atoms with Crippen LogP contribution in [0.5, 0.6) is 0 Å². The first-order chi connectivity index (χ1) is 14.9. The van der Waals surface area contributed by atoms with E-state index in [1.54, 1.807) is 16.8 Å². The molecule has 5 nitrogen and oxygen atoms in total. The van der Waals surface area contributed by atoms with E-state index in [2.05, 4.69) is 15.5 Å². The van der Waals surface area contributed by atoms with Crippen LogP contribution < -0.4 is 5.43 Å². The van der Waals surface area contributed by atoms with E-state index in [9.17, 15) is 9.18 Å². The molecule has 1 aromatic carbocycles. The van der Waals surface area contributed by atoms with Gasteiger partial charge in [-0.3, -0.25) is 10.2 Å². The highest BCUT2D eigenvalue weighted by molar-refractivity contribution is 6.42. The van der Waals surface area contributed by atoms with Gasteiger partial charge in [0.05, 0.1) is 27.5 Å². The SMILES string of the molecule is Cc1c(C=NNc2nc(Cl)c(Cl)cc2Cl)c2ccccn2c1C(=O)c1ccc(F)cc1. The Hall–Kier alpha value is -2.93. The Morgan fingerprint density at radius 1 is 1.13 bits per heavy atom. The molecule has 0 saturated carbocycles. The third-order valence-corrected chi connectivity index (χ3v) is 5.67. The summed E-state index contributed by atoms with van der Waals surface area (Å²) in [6.07, 6.45) is 3.37. The Balaban J connectivity index is 1.73. The molecule has 4 rings (SSSR count). The molecule has 0 unspecified atom stereocenters. The van der Waals surface area contributed by atoms with Gasteiger partial charge in [0.1, 0.15) is 11.0 Å². The van der Waals surface area contributed by atoms with Crippen LogP contribution in [0.15, 0.2) is 59.8 Å². The van der Waals surface area contributed by atoms with Crippen molar-refractivity contribution in [3.63, 3.8) is 0 Å². The Morgan fingerprint density at radius 2 is 1.87 bits per heavy atom. The van der Waals surface area contributed by atoms with Crippen LogP contribution in [0.2, 0.25) is 15.2 Å². The molecular weight excluding hydrogens is 462 g/mol. The molecule has 3 heterocycles. The molecule has 31 heavy (non-hydrogen) atoms. The van der Waals surface area contributed by atoms with Gasteiger partial charge in [0.25, 0.3) is 0 Å². The van der Waals surface area contributed by atoms with Crippen molar-refractivity contribution in [1.82, 2.24) is 9.38 Å². The second kappa shape index (κ2) is 8.67. The average molecular weight is 476 g/mol. The highest BCUT2D eigenvalue weighted by atomic mass is 35.5. The molecule has 3 aromatic heterocycles. The average Bonchev–Trinajstić information content (AvgIpc) is 3.03. The van der Waals surface area contributed by atoms with E-state index < -0.39 is 5.82 Å². The lowest BCUT2D eigenvalue weighted by Crippen LogP contribution is -2.07. The van der Waals surface area contributed by atoms with Gasteiger partial charge < -0.3 is 4.40 Å². The first-order valence-electron chi connectivity index (χ1n) is 9.07. The summed E-state index contributed by atoms with van der Waals surface area (Å²) in [6, 6.07) is 12.5. The van der Waals surface area contributed by atoms with E-state index in [4.69, 9.17) is 34.8 Å². The van der Waals surface area contributed by atoms with Gasteiger partial charge in [-0.15, -0.1) is 0 Å². The monoisotopic (exact) mass is 474 g/mol. The molecule has 156 valence electrons. The summed E-state index contributed by atoms with van der Waals surface area (Å²) in [5.41, 5.74) is 5.84. The number of nitrogens with one attached hydrogen (secondary N) is 1. The quantitative estimate of drug-likeness (QED) is 0.157. The minimum absolute atomic E-state index is 0.0986. The van der Waals surface area contributed by atoms with Crippen LogP contribution in [0.25, 0.3) is 5.52 Å². The lowest BCUT2D eigenvalue weighted by atomic mass is 10.0. The van der Waals surface area contributed by atoms with Crippen molar-refractivity contribution in [3.8, 4) is 0 Å². The van der Waals surface area contributed by atoms with Gasteiger partial charge >= 0.3 is 0 Å². The van der Waals surface area contributed by atoms with Crippen molar-refractivity contribution in [2.45, 2.75) is 6.92 Å². The number of hydrazone groups is 1. The Bertz CT molecular complexity index is 1330. The fourth-order valence-electron chi connectivity index (χ4n) is 3.22. The number of rotatable bonds is 5. The van der Waals surface area contributed by atoms with Gasteiger partial charge in [-0.1, -0.05) is 40.9 Å². The van der Waals surface area contributed by atoms with Gasteiger partial charge in [0, 0.05) is 17.3 Å². The maximum atomic E-state index is 13.3. The second-order valence-electron chi connectivity index (χ2n) is 6.64. The van der Waals surface area contributed by atoms with Crippen molar-refractivity contribution < 1.29 is 9.18 Å². The Labute approximate surface area is 192 Å². The molecule has 0 atom stereocenters. The zero-order valence-electron chi connectivity index (χ0n) is 16.0. The van der Waals surface area contributed by atoms with E-state index in [0.29, 0.717) is 11.3 Å². The van der Waals surface area contributed by atoms with Crippen LogP contribution in [0.4, 0.5) is 10.2 Å². The molecule has 0 amide bonds. The number of aromatic nitrogens is 2. The number of hydrogen-bond donors (Lipinski definition) is 1. The predicted molar refractivity (Wildman–Crippen MR) is 122 cm³/mol. The summed E-state index contributed by atoms with van der Waals surface area (Å²) in [6.45, 7) is 1.83. The summed E-state index contributed by atoms with van der Waals surface area (Å²) in [4.78, 5) is 17.2. The minimum Gasteiger partial charge on any atom is -0.313 e. The van der Waals surface area contributed by atoms with Gasteiger partial charge in [-0.05, 0) is 55.0 Å². The molecule has 0 bridgehead atoms. The highest BCUT2D eigenvalue weighted by Crippen LogP contribution is 2.29. The smallest absolute Gasteiger partial charge is 0.210 e. The molecule has 1 N–H and O–H groups in total. The lowest BCUT2D eigenvalue weighted by Gasteiger charge is -2.04. The highest BCUT2D eigenvalue weighted by Gasteiger charge is 2.21. The summed E-state index contributed by atoms with van der Waals surface area (Å²) >= 11 is 17.9. The number of carbonyl (C=O) groups is 1. The van der Waals surface area contributed by atoms with Crippen LogP contribution in [0, 0.1) is 12.7 Å². The first kappa shape index (κ1) is 21.3. The van der Waals surface area contributed by atoms with E-state index in [1.807, 2.05) is 25.1 Å². The maximum absolute atomic E-state index is 13.3. The number of nitrogens with zero attached hydrogens (tertiary/aromatic N) is 3. The largest absolute Gasteiger partial charge is 0.313 e. The normalized spacial score (nSPS) is 11.4. The number of fused-ring (bicyclic) bond motifs is 1. The minimum atomic E-state index is -0.401. The topological polar surface area (TPSA) is 58.8 Å². The molecule has 0 aliphatic carbocycles. The Kier molecular flexibility index (Phi) is 5.96. The van der Waals surface area contributed by atoms with Crippen LogP contribution >= 0.6 is 34.8 Å². The van der Waals surface area contributed by atoms with Crippen molar-refractivity contribution >= 4 is 58.1 Å². The van der Waals surface area contributed by atoms with E-state index >= 15 is 0 Å². The predicted octanol–water partition coefficient (Wildman–Crippen LogP) is 6.42. The summed E-state index contributed by atoms with van der Waals surface area (Å²) < 4.78 is 15.1. The van der Waals surface area contributed by atoms with Crippen molar-refractivity contribution in [3.05, 3.63) is 98.1 Å².